The Kier molecular flexibility index (Phi) is 5.00. The van der Waals surface area contributed by atoms with E-state index >= 15 is 0 Å². The molecule has 0 saturated heterocycles. The number of nitrogens with zero attached hydrogens (tertiary/aromatic N) is 4. The number of benzene rings is 1. The second kappa shape index (κ2) is 6.74. The first kappa shape index (κ1) is 14.1. The summed E-state index contributed by atoms with van der Waals surface area (Å²) >= 11 is 3.41. The third-order valence-electron chi connectivity index (χ3n) is 2.71. The molecule has 2 aromatic rings. The second-order valence-corrected chi connectivity index (χ2v) is 5.01. The summed E-state index contributed by atoms with van der Waals surface area (Å²) in [5, 5.41) is 15.2. The number of hydrogen-bond donors (Lipinski definition) is 1. The summed E-state index contributed by atoms with van der Waals surface area (Å²) in [6.07, 6.45) is 0. The minimum atomic E-state index is 0.0498. The van der Waals surface area contributed by atoms with Gasteiger partial charge in [0.1, 0.15) is 0 Å². The molecule has 1 aromatic heterocycles. The summed E-state index contributed by atoms with van der Waals surface area (Å²) in [4.78, 5) is 0. The lowest BCUT2D eigenvalue weighted by Gasteiger charge is -2.13. The molecule has 0 aliphatic heterocycles. The highest BCUT2D eigenvalue weighted by Crippen LogP contribution is 2.16. The van der Waals surface area contributed by atoms with E-state index in [-0.39, 0.29) is 6.04 Å². The van der Waals surface area contributed by atoms with Crippen LogP contribution in [0.3, 0.4) is 0 Å². The van der Waals surface area contributed by atoms with Crippen LogP contribution in [0.5, 0.6) is 0 Å². The van der Waals surface area contributed by atoms with E-state index in [4.69, 9.17) is 4.74 Å². The van der Waals surface area contributed by atoms with E-state index < -0.39 is 0 Å². The van der Waals surface area contributed by atoms with E-state index in [1.54, 1.807) is 11.8 Å². The Morgan fingerprint density at radius 3 is 2.79 bits per heavy atom. The van der Waals surface area contributed by atoms with Crippen molar-refractivity contribution in [2.75, 3.05) is 20.3 Å². The van der Waals surface area contributed by atoms with Crippen molar-refractivity contribution in [2.24, 2.45) is 0 Å². The zero-order valence-corrected chi connectivity index (χ0v) is 12.5. The highest BCUT2D eigenvalue weighted by molar-refractivity contribution is 9.10. The minimum absolute atomic E-state index is 0.0498. The molecule has 1 unspecified atom stereocenters. The van der Waals surface area contributed by atoms with Crippen molar-refractivity contribution in [1.29, 1.82) is 0 Å². The van der Waals surface area contributed by atoms with Crippen LogP contribution in [-0.2, 0) is 4.74 Å². The number of nitrogens with one attached hydrogen (secondary N) is 1. The molecule has 6 nitrogen and oxygen atoms in total. The van der Waals surface area contributed by atoms with Crippen LogP contribution in [-0.4, -0.2) is 40.5 Å². The van der Waals surface area contributed by atoms with Crippen LogP contribution < -0.4 is 5.32 Å². The fraction of sp³-hybridized carbons (Fsp3) is 0.417. The molecule has 19 heavy (non-hydrogen) atoms. The largest absolute Gasteiger partial charge is 0.383 e. The summed E-state index contributed by atoms with van der Waals surface area (Å²) in [6, 6.07) is 7.90. The Morgan fingerprint density at radius 2 is 2.11 bits per heavy atom. The van der Waals surface area contributed by atoms with Crippen LogP contribution in [0.2, 0.25) is 0 Å². The summed E-state index contributed by atoms with van der Waals surface area (Å²) in [5.41, 5.74) is 0.934. The van der Waals surface area contributed by atoms with E-state index in [9.17, 15) is 0 Å². The van der Waals surface area contributed by atoms with Crippen LogP contribution in [0.15, 0.2) is 28.7 Å². The summed E-state index contributed by atoms with van der Waals surface area (Å²) in [7, 11) is 1.68. The molecule has 0 saturated carbocycles. The van der Waals surface area contributed by atoms with Gasteiger partial charge in [0.2, 0.25) is 0 Å². The molecule has 0 bridgehead atoms. The molecular formula is C12H16BrN5O. The average molecular weight is 326 g/mol. The lowest BCUT2D eigenvalue weighted by atomic mass is 10.3. The molecule has 0 spiro atoms. The summed E-state index contributed by atoms with van der Waals surface area (Å²) in [5.74, 6) is 0.776. The zero-order valence-electron chi connectivity index (χ0n) is 10.9. The molecule has 1 atom stereocenters. The average Bonchev–Trinajstić information content (AvgIpc) is 2.89. The fourth-order valence-electron chi connectivity index (χ4n) is 1.70. The van der Waals surface area contributed by atoms with Crippen molar-refractivity contribution >= 4 is 15.9 Å². The maximum Gasteiger partial charge on any atom is 0.173 e. The Balaban J connectivity index is 2.15. The van der Waals surface area contributed by atoms with Gasteiger partial charge in [-0.3, -0.25) is 0 Å². The molecule has 1 aromatic carbocycles. The highest BCUT2D eigenvalue weighted by atomic mass is 79.9. The van der Waals surface area contributed by atoms with Gasteiger partial charge >= 0.3 is 0 Å². The number of halogens is 1. The molecule has 0 aliphatic rings. The second-order valence-electron chi connectivity index (χ2n) is 4.09. The van der Waals surface area contributed by atoms with Gasteiger partial charge in [-0.15, -0.1) is 5.10 Å². The number of tetrazole rings is 1. The summed E-state index contributed by atoms with van der Waals surface area (Å²) < 4.78 is 7.77. The molecule has 1 N–H and O–H groups in total. The molecular weight excluding hydrogens is 310 g/mol. The topological polar surface area (TPSA) is 64.9 Å². The maximum atomic E-state index is 5.01. The van der Waals surface area contributed by atoms with Crippen LogP contribution in [0.4, 0.5) is 0 Å². The molecule has 7 heteroatoms. The standard InChI is InChI=1S/C12H16BrN5O/c1-9(14-7-8-19-2)12-15-16-17-18(12)11-5-3-10(13)4-6-11/h3-6,9,14H,7-8H2,1-2H3. The van der Waals surface area contributed by atoms with Crippen molar-refractivity contribution in [3.8, 4) is 5.69 Å². The lowest BCUT2D eigenvalue weighted by Crippen LogP contribution is -2.25. The van der Waals surface area contributed by atoms with Crippen LogP contribution in [0.1, 0.15) is 18.8 Å². The first-order valence-corrected chi connectivity index (χ1v) is 6.78. The highest BCUT2D eigenvalue weighted by Gasteiger charge is 2.14. The molecule has 102 valence electrons. The van der Waals surface area contributed by atoms with E-state index in [0.29, 0.717) is 6.61 Å². The van der Waals surface area contributed by atoms with E-state index in [2.05, 4.69) is 36.8 Å². The van der Waals surface area contributed by atoms with Gasteiger partial charge in [0.05, 0.1) is 18.3 Å². The molecule has 0 amide bonds. The first-order chi connectivity index (χ1) is 9.22. The van der Waals surface area contributed by atoms with Crippen LogP contribution in [0.25, 0.3) is 5.69 Å². The number of hydrogen-bond acceptors (Lipinski definition) is 5. The van der Waals surface area contributed by atoms with Gasteiger partial charge in [0.15, 0.2) is 5.82 Å². The summed E-state index contributed by atoms with van der Waals surface area (Å²) in [6.45, 7) is 3.44. The van der Waals surface area contributed by atoms with Crippen molar-refractivity contribution in [3.63, 3.8) is 0 Å². The smallest absolute Gasteiger partial charge is 0.173 e. The van der Waals surface area contributed by atoms with Crippen molar-refractivity contribution in [3.05, 3.63) is 34.6 Å². The third-order valence-corrected chi connectivity index (χ3v) is 3.24. The normalized spacial score (nSPS) is 12.6. The van der Waals surface area contributed by atoms with E-state index in [0.717, 1.165) is 22.5 Å². The van der Waals surface area contributed by atoms with Gasteiger partial charge in [-0.1, -0.05) is 15.9 Å². The van der Waals surface area contributed by atoms with Crippen molar-refractivity contribution < 1.29 is 4.74 Å². The SMILES string of the molecule is COCCNC(C)c1nnnn1-c1ccc(Br)cc1. The Labute approximate surface area is 120 Å². The van der Waals surface area contributed by atoms with Gasteiger partial charge in [-0.25, -0.2) is 0 Å². The van der Waals surface area contributed by atoms with Gasteiger partial charge < -0.3 is 10.1 Å². The fourth-order valence-corrected chi connectivity index (χ4v) is 1.96. The first-order valence-electron chi connectivity index (χ1n) is 5.99. The number of rotatable bonds is 6. The lowest BCUT2D eigenvalue weighted by molar-refractivity contribution is 0.196. The van der Waals surface area contributed by atoms with Gasteiger partial charge in [0, 0.05) is 18.1 Å². The zero-order chi connectivity index (χ0) is 13.7. The predicted octanol–water partition coefficient (Wildman–Crippen LogP) is 1.72. The molecule has 0 aliphatic carbocycles. The Hall–Kier alpha value is -1.31. The third kappa shape index (κ3) is 3.59. The maximum absolute atomic E-state index is 5.01. The van der Waals surface area contributed by atoms with E-state index in [1.807, 2.05) is 31.2 Å². The Bertz CT molecular complexity index is 513. The van der Waals surface area contributed by atoms with Gasteiger partial charge in [0.25, 0.3) is 0 Å². The van der Waals surface area contributed by atoms with E-state index in [1.165, 1.54) is 0 Å². The van der Waals surface area contributed by atoms with Gasteiger partial charge in [-0.2, -0.15) is 4.68 Å². The number of aromatic nitrogens is 4. The quantitative estimate of drug-likeness (QED) is 0.819. The minimum Gasteiger partial charge on any atom is -0.383 e. The molecule has 0 fully saturated rings. The Morgan fingerprint density at radius 1 is 1.37 bits per heavy atom. The van der Waals surface area contributed by atoms with Crippen LogP contribution in [0, 0.1) is 0 Å². The van der Waals surface area contributed by atoms with Crippen LogP contribution >= 0.6 is 15.9 Å². The number of ether oxygens (including phenoxy) is 1. The molecule has 0 radical (unpaired) electrons. The van der Waals surface area contributed by atoms with Gasteiger partial charge in [-0.05, 0) is 41.6 Å². The molecule has 2 rings (SSSR count). The van der Waals surface area contributed by atoms with Crippen molar-refractivity contribution in [2.45, 2.75) is 13.0 Å². The number of methoxy groups -OCH3 is 1. The predicted molar refractivity (Wildman–Crippen MR) is 75.1 cm³/mol. The molecule has 1 heterocycles. The monoisotopic (exact) mass is 325 g/mol. The van der Waals surface area contributed by atoms with Crippen molar-refractivity contribution in [1.82, 2.24) is 25.5 Å².